The fraction of sp³-hybridized carbons (Fsp3) is 0.622. The van der Waals surface area contributed by atoms with Gasteiger partial charge in [-0.15, -0.1) is 0 Å². The number of H-pyrrole nitrogens is 1. The molecule has 15 nitrogen and oxygen atoms in total. The fourth-order valence-electron chi connectivity index (χ4n) is 6.28. The van der Waals surface area contributed by atoms with E-state index in [9.17, 15) is 24.0 Å². The number of hydrazine groups is 1. The number of aromatic amines is 1. The minimum atomic E-state index is -0.961. The third-order valence-corrected chi connectivity index (χ3v) is 9.19. The van der Waals surface area contributed by atoms with Gasteiger partial charge >= 0.3 is 18.2 Å². The molecule has 288 valence electrons. The van der Waals surface area contributed by atoms with Crippen LogP contribution < -0.4 is 21.4 Å². The largest absolute Gasteiger partial charge is 0.459 e. The Bertz CT molecular complexity index is 1400. The molecule has 4 amide bonds. The fourth-order valence-corrected chi connectivity index (χ4v) is 6.28. The molecule has 1 aliphatic carbocycles. The summed E-state index contributed by atoms with van der Waals surface area (Å²) < 4.78 is 15.8. The van der Waals surface area contributed by atoms with Gasteiger partial charge in [0.05, 0.1) is 45.2 Å². The highest BCUT2D eigenvalue weighted by Gasteiger charge is 2.35. The molecule has 15 heteroatoms. The van der Waals surface area contributed by atoms with E-state index < -0.39 is 54.2 Å². The molecule has 1 heterocycles. The number of benzene rings is 1. The number of nitrogens with one attached hydrogen (secondary N) is 5. The van der Waals surface area contributed by atoms with Gasteiger partial charge in [0.2, 0.25) is 5.91 Å². The molecule has 2 unspecified atom stereocenters. The van der Waals surface area contributed by atoms with E-state index in [-0.39, 0.29) is 37.1 Å². The van der Waals surface area contributed by atoms with E-state index in [4.69, 9.17) is 14.2 Å². The maximum Gasteiger partial charge on any atom is 0.407 e. The summed E-state index contributed by atoms with van der Waals surface area (Å²) in [5.41, 5.74) is 4.58. The molecule has 2 aromatic rings. The Morgan fingerprint density at radius 1 is 0.865 bits per heavy atom. The maximum absolute atomic E-state index is 13.9. The van der Waals surface area contributed by atoms with Crippen LogP contribution in [0.25, 0.3) is 0 Å². The van der Waals surface area contributed by atoms with Crippen molar-refractivity contribution < 1.29 is 38.2 Å². The number of hydrogen-bond donors (Lipinski definition) is 5. The number of ether oxygens (including phenoxy) is 3. The van der Waals surface area contributed by atoms with Crippen LogP contribution in [-0.2, 0) is 41.4 Å². The second kappa shape index (κ2) is 21.6. The number of amides is 4. The van der Waals surface area contributed by atoms with E-state index in [0.29, 0.717) is 18.7 Å². The number of esters is 1. The molecule has 0 radical (unpaired) electrons. The molecule has 4 atom stereocenters. The number of carbonyl (C=O) groups is 5. The van der Waals surface area contributed by atoms with Crippen molar-refractivity contribution in [2.75, 3.05) is 27.3 Å². The number of aromatic nitrogens is 2. The summed E-state index contributed by atoms with van der Waals surface area (Å²) in [6.07, 6.45) is 6.63. The first-order valence-corrected chi connectivity index (χ1v) is 18.2. The monoisotopic (exact) mass is 727 g/mol. The number of carbonyl (C=O) groups excluding carboxylic acids is 5. The number of imidazole rings is 1. The minimum Gasteiger partial charge on any atom is -0.459 e. The highest BCUT2D eigenvalue weighted by atomic mass is 16.5. The number of nitrogens with zero attached hydrogens (tertiary/aromatic N) is 2. The Morgan fingerprint density at radius 3 is 2.04 bits per heavy atom. The normalized spacial score (nSPS) is 15.6. The van der Waals surface area contributed by atoms with Crippen LogP contribution in [0, 0.1) is 17.8 Å². The van der Waals surface area contributed by atoms with Gasteiger partial charge in [0, 0.05) is 19.2 Å². The number of rotatable bonds is 19. The molecular weight excluding hydrogens is 670 g/mol. The lowest BCUT2D eigenvalue weighted by Gasteiger charge is -2.36. The lowest BCUT2D eigenvalue weighted by atomic mass is 9.89. The smallest absolute Gasteiger partial charge is 0.407 e. The van der Waals surface area contributed by atoms with E-state index >= 15 is 0 Å². The minimum absolute atomic E-state index is 0.0218. The van der Waals surface area contributed by atoms with Crippen LogP contribution in [0.15, 0.2) is 42.9 Å². The summed E-state index contributed by atoms with van der Waals surface area (Å²) in [6.45, 7) is 7.71. The molecule has 1 aromatic carbocycles. The van der Waals surface area contributed by atoms with Crippen molar-refractivity contribution >= 4 is 30.0 Å². The van der Waals surface area contributed by atoms with Gasteiger partial charge in [-0.1, -0.05) is 77.3 Å². The summed E-state index contributed by atoms with van der Waals surface area (Å²) in [6, 6.07) is 6.82. The van der Waals surface area contributed by atoms with Gasteiger partial charge in [-0.3, -0.25) is 19.8 Å². The van der Waals surface area contributed by atoms with Crippen molar-refractivity contribution in [3.05, 3.63) is 54.1 Å². The Hall–Kier alpha value is -4.66. The van der Waals surface area contributed by atoms with Gasteiger partial charge in [0.25, 0.3) is 5.91 Å². The number of aryl methyl sites for hydroxylation is 1. The van der Waals surface area contributed by atoms with Crippen molar-refractivity contribution in [2.24, 2.45) is 17.8 Å². The van der Waals surface area contributed by atoms with Crippen LogP contribution in [0.3, 0.4) is 0 Å². The van der Waals surface area contributed by atoms with Crippen LogP contribution >= 0.6 is 0 Å². The Morgan fingerprint density at radius 2 is 1.48 bits per heavy atom. The van der Waals surface area contributed by atoms with Gasteiger partial charge in [-0.05, 0) is 42.6 Å². The average Bonchev–Trinajstić information content (AvgIpc) is 3.65. The van der Waals surface area contributed by atoms with E-state index in [1.165, 1.54) is 20.5 Å². The molecule has 1 fully saturated rings. The third kappa shape index (κ3) is 14.2. The van der Waals surface area contributed by atoms with Crippen molar-refractivity contribution in [2.45, 2.75) is 103 Å². The van der Waals surface area contributed by atoms with Gasteiger partial charge in [0.1, 0.15) is 18.2 Å². The van der Waals surface area contributed by atoms with Gasteiger partial charge in [0.15, 0.2) is 0 Å². The second-order valence-electron chi connectivity index (χ2n) is 14.0. The maximum atomic E-state index is 13.9. The summed E-state index contributed by atoms with van der Waals surface area (Å²) in [5, 5.41) is 10.0. The van der Waals surface area contributed by atoms with Gasteiger partial charge in [-0.2, -0.15) is 0 Å². The molecule has 1 aromatic heterocycles. The zero-order chi connectivity index (χ0) is 38.0. The molecule has 0 bridgehead atoms. The molecule has 3 rings (SSSR count). The topological polar surface area (TPSA) is 193 Å². The van der Waals surface area contributed by atoms with Gasteiger partial charge < -0.3 is 35.1 Å². The first-order valence-electron chi connectivity index (χ1n) is 18.2. The van der Waals surface area contributed by atoms with Crippen LogP contribution in [0.2, 0.25) is 0 Å². The zero-order valence-electron chi connectivity index (χ0n) is 31.3. The summed E-state index contributed by atoms with van der Waals surface area (Å²) in [4.78, 5) is 72.7. The Balaban J connectivity index is 2.01. The second-order valence-corrected chi connectivity index (χ2v) is 14.0. The van der Waals surface area contributed by atoms with Crippen LogP contribution in [0.1, 0.15) is 77.5 Å². The number of hydrogen-bond acceptors (Lipinski definition) is 10. The number of alkyl carbamates (subject to hydrolysis) is 2. The molecule has 0 spiro atoms. The molecule has 5 N–H and O–H groups in total. The molecular formula is C37H57N7O8. The third-order valence-electron chi connectivity index (χ3n) is 9.19. The Kier molecular flexibility index (Phi) is 17.4. The van der Waals surface area contributed by atoms with E-state index in [0.717, 1.165) is 37.7 Å². The van der Waals surface area contributed by atoms with Crippen molar-refractivity contribution in [3.8, 4) is 0 Å². The summed E-state index contributed by atoms with van der Waals surface area (Å²) in [5.74, 6) is -1.76. The van der Waals surface area contributed by atoms with E-state index in [2.05, 4.69) is 31.3 Å². The van der Waals surface area contributed by atoms with E-state index in [1.807, 2.05) is 44.2 Å². The predicted octanol–water partition coefficient (Wildman–Crippen LogP) is 3.66. The molecule has 52 heavy (non-hydrogen) atoms. The lowest BCUT2D eigenvalue weighted by molar-refractivity contribution is -0.154. The van der Waals surface area contributed by atoms with Crippen molar-refractivity contribution in [1.82, 2.24) is 36.4 Å². The molecule has 1 aliphatic rings. The first kappa shape index (κ1) is 41.8. The van der Waals surface area contributed by atoms with Crippen LogP contribution in [0.5, 0.6) is 0 Å². The summed E-state index contributed by atoms with van der Waals surface area (Å²) in [7, 11) is 2.46. The summed E-state index contributed by atoms with van der Waals surface area (Å²) >= 11 is 0. The molecule has 0 aliphatic heterocycles. The standard InChI is InChI=1S/C37H57N7O8/c1-24(2)32(41-36(48)50-5)34(46)40-29(19-26-13-9-7-10-14-26)30(52-31(45)18-17-28-20-38-23-39-28)22-44(21-27-15-11-8-12-16-27)43-35(47)33(25(3)4)42-37(49)51-6/h7,9-10,13-14,20,23-25,27,29-30,32-33H,8,11-12,15-19,21-22H2,1-6H3,(H,38,39)(H,40,46)(H,41,48)(H,42,49)(H,43,47)/t29?,30?,32-,33-/m0/s1. The SMILES string of the molecule is COC(=O)N[C@H](C(=O)NC(Cc1ccccc1)C(CN(CC1CCCCC1)NC(=O)[C@@H](NC(=O)OC)C(C)C)OC(=O)CCc1c[nH]cn1)C(C)C. The number of methoxy groups -OCH3 is 2. The average molecular weight is 728 g/mol. The van der Waals surface area contributed by atoms with Crippen molar-refractivity contribution in [3.63, 3.8) is 0 Å². The molecule has 1 saturated carbocycles. The first-order chi connectivity index (χ1) is 24.9. The van der Waals surface area contributed by atoms with Crippen LogP contribution in [0.4, 0.5) is 9.59 Å². The highest BCUT2D eigenvalue weighted by Crippen LogP contribution is 2.25. The zero-order valence-corrected chi connectivity index (χ0v) is 31.3. The lowest BCUT2D eigenvalue weighted by Crippen LogP contribution is -2.60. The van der Waals surface area contributed by atoms with Gasteiger partial charge in [-0.25, -0.2) is 19.6 Å². The predicted molar refractivity (Wildman–Crippen MR) is 193 cm³/mol. The quantitative estimate of drug-likeness (QED) is 0.0811. The Labute approximate surface area is 306 Å². The van der Waals surface area contributed by atoms with E-state index in [1.54, 1.807) is 25.1 Å². The van der Waals surface area contributed by atoms with Crippen LogP contribution in [-0.4, -0.2) is 96.5 Å². The van der Waals surface area contributed by atoms with Crippen molar-refractivity contribution in [1.29, 1.82) is 0 Å². The highest BCUT2D eigenvalue weighted by molar-refractivity contribution is 5.86. The molecule has 0 saturated heterocycles.